The molecular formula is C13H24N4O3. The SMILES string of the molecule is Cc1noc(COCC(=O)NC(C)(CN)CC(C)C)n1. The van der Waals surface area contributed by atoms with Crippen molar-refractivity contribution in [1.82, 2.24) is 15.5 Å². The third-order valence-electron chi connectivity index (χ3n) is 2.78. The number of carbonyl (C=O) groups is 1. The molecule has 1 amide bonds. The van der Waals surface area contributed by atoms with Crippen LogP contribution in [0.3, 0.4) is 0 Å². The molecule has 1 aromatic heterocycles. The third kappa shape index (κ3) is 5.66. The van der Waals surface area contributed by atoms with Crippen molar-refractivity contribution < 1.29 is 14.1 Å². The number of carbonyl (C=O) groups excluding carboxylic acids is 1. The maximum Gasteiger partial charge on any atom is 0.252 e. The lowest BCUT2D eigenvalue weighted by molar-refractivity contribution is -0.128. The number of hydrogen-bond acceptors (Lipinski definition) is 6. The van der Waals surface area contributed by atoms with Crippen LogP contribution < -0.4 is 11.1 Å². The molecule has 0 aromatic carbocycles. The molecule has 7 nitrogen and oxygen atoms in total. The highest BCUT2D eigenvalue weighted by atomic mass is 16.5. The second kappa shape index (κ2) is 7.35. The minimum absolute atomic E-state index is 0.0604. The Morgan fingerprint density at radius 1 is 1.55 bits per heavy atom. The van der Waals surface area contributed by atoms with Crippen LogP contribution in [0.4, 0.5) is 0 Å². The number of nitrogens with one attached hydrogen (secondary N) is 1. The van der Waals surface area contributed by atoms with Crippen molar-refractivity contribution in [3.63, 3.8) is 0 Å². The van der Waals surface area contributed by atoms with Gasteiger partial charge in [0.25, 0.3) is 5.89 Å². The Labute approximate surface area is 119 Å². The average molecular weight is 284 g/mol. The zero-order valence-electron chi connectivity index (χ0n) is 12.6. The Hall–Kier alpha value is -1.47. The van der Waals surface area contributed by atoms with Gasteiger partial charge in [-0.1, -0.05) is 19.0 Å². The monoisotopic (exact) mass is 284 g/mol. The molecular weight excluding hydrogens is 260 g/mol. The summed E-state index contributed by atoms with van der Waals surface area (Å²) in [5.74, 6) is 1.15. The first-order chi connectivity index (χ1) is 9.34. The quantitative estimate of drug-likeness (QED) is 0.731. The molecule has 0 fully saturated rings. The van der Waals surface area contributed by atoms with Crippen LogP contribution in [0.25, 0.3) is 0 Å². The molecule has 114 valence electrons. The van der Waals surface area contributed by atoms with Crippen molar-refractivity contribution in [3.05, 3.63) is 11.7 Å². The lowest BCUT2D eigenvalue weighted by atomic mass is 9.91. The van der Waals surface area contributed by atoms with Crippen LogP contribution in [0.5, 0.6) is 0 Å². The molecule has 0 aliphatic carbocycles. The van der Waals surface area contributed by atoms with Crippen molar-refractivity contribution in [1.29, 1.82) is 0 Å². The highest BCUT2D eigenvalue weighted by molar-refractivity contribution is 5.78. The van der Waals surface area contributed by atoms with E-state index in [4.69, 9.17) is 15.0 Å². The topological polar surface area (TPSA) is 103 Å². The molecule has 0 aliphatic rings. The Morgan fingerprint density at radius 3 is 2.75 bits per heavy atom. The highest BCUT2D eigenvalue weighted by Crippen LogP contribution is 2.15. The summed E-state index contributed by atoms with van der Waals surface area (Å²) in [5, 5.41) is 6.55. The zero-order chi connectivity index (χ0) is 15.2. The van der Waals surface area contributed by atoms with E-state index in [2.05, 4.69) is 29.3 Å². The summed E-state index contributed by atoms with van der Waals surface area (Å²) in [5.41, 5.74) is 5.33. The maximum absolute atomic E-state index is 11.8. The first-order valence-electron chi connectivity index (χ1n) is 6.72. The molecule has 1 atom stereocenters. The van der Waals surface area contributed by atoms with E-state index in [0.29, 0.717) is 24.2 Å². The fourth-order valence-electron chi connectivity index (χ4n) is 2.09. The van der Waals surface area contributed by atoms with Crippen molar-refractivity contribution in [2.24, 2.45) is 11.7 Å². The summed E-state index contributed by atoms with van der Waals surface area (Å²) in [7, 11) is 0. The molecule has 1 unspecified atom stereocenters. The summed E-state index contributed by atoms with van der Waals surface area (Å²) in [6, 6.07) is 0. The fourth-order valence-corrected chi connectivity index (χ4v) is 2.09. The van der Waals surface area contributed by atoms with Gasteiger partial charge in [0.05, 0.1) is 0 Å². The number of aryl methyl sites for hydroxylation is 1. The average Bonchev–Trinajstić information content (AvgIpc) is 2.74. The van der Waals surface area contributed by atoms with Crippen LogP contribution >= 0.6 is 0 Å². The molecule has 0 aliphatic heterocycles. The van der Waals surface area contributed by atoms with E-state index in [9.17, 15) is 4.79 Å². The van der Waals surface area contributed by atoms with Gasteiger partial charge in [0, 0.05) is 12.1 Å². The van der Waals surface area contributed by atoms with Crippen LogP contribution in [0.15, 0.2) is 4.52 Å². The molecule has 0 spiro atoms. The van der Waals surface area contributed by atoms with Crippen molar-refractivity contribution in [3.8, 4) is 0 Å². The van der Waals surface area contributed by atoms with Gasteiger partial charge in [0.1, 0.15) is 13.2 Å². The maximum atomic E-state index is 11.8. The first kappa shape index (κ1) is 16.6. The van der Waals surface area contributed by atoms with E-state index in [1.54, 1.807) is 6.92 Å². The van der Waals surface area contributed by atoms with Crippen LogP contribution in [-0.4, -0.2) is 34.7 Å². The Balaban J connectivity index is 2.35. The fraction of sp³-hybridized carbons (Fsp3) is 0.769. The number of nitrogens with zero attached hydrogens (tertiary/aromatic N) is 2. The summed E-state index contributed by atoms with van der Waals surface area (Å²) in [6.07, 6.45) is 0.818. The van der Waals surface area contributed by atoms with E-state index >= 15 is 0 Å². The molecule has 3 N–H and O–H groups in total. The van der Waals surface area contributed by atoms with Gasteiger partial charge in [-0.2, -0.15) is 4.98 Å². The molecule has 1 heterocycles. The van der Waals surface area contributed by atoms with Gasteiger partial charge in [0.2, 0.25) is 5.91 Å². The number of rotatable bonds is 8. The summed E-state index contributed by atoms with van der Waals surface area (Å²) >= 11 is 0. The standard InChI is InChI=1S/C13H24N4O3/c1-9(2)5-13(4,8-14)16-11(18)6-19-7-12-15-10(3)17-20-12/h9H,5-8,14H2,1-4H3,(H,16,18). The first-order valence-corrected chi connectivity index (χ1v) is 6.72. The number of hydrogen-bond donors (Lipinski definition) is 2. The van der Waals surface area contributed by atoms with Crippen LogP contribution in [0, 0.1) is 12.8 Å². The van der Waals surface area contributed by atoms with Gasteiger partial charge in [-0.3, -0.25) is 4.79 Å². The molecule has 1 aromatic rings. The molecule has 0 bridgehead atoms. The van der Waals surface area contributed by atoms with Crippen LogP contribution in [0.1, 0.15) is 38.9 Å². The predicted octanol–water partition coefficient (Wildman–Crippen LogP) is 0.774. The van der Waals surface area contributed by atoms with Crippen molar-refractivity contribution >= 4 is 5.91 Å². The molecule has 0 saturated heterocycles. The van der Waals surface area contributed by atoms with Crippen molar-refractivity contribution in [2.45, 2.75) is 46.3 Å². The van der Waals surface area contributed by atoms with Gasteiger partial charge in [-0.05, 0) is 26.2 Å². The number of aromatic nitrogens is 2. The molecule has 20 heavy (non-hydrogen) atoms. The van der Waals surface area contributed by atoms with Crippen molar-refractivity contribution in [2.75, 3.05) is 13.2 Å². The Morgan fingerprint density at radius 2 is 2.25 bits per heavy atom. The number of amides is 1. The van der Waals surface area contributed by atoms with Gasteiger partial charge >= 0.3 is 0 Å². The second-order valence-corrected chi connectivity index (χ2v) is 5.64. The second-order valence-electron chi connectivity index (χ2n) is 5.64. The van der Waals surface area contributed by atoms with E-state index in [1.165, 1.54) is 0 Å². The molecule has 0 saturated carbocycles. The number of nitrogens with two attached hydrogens (primary N) is 1. The third-order valence-corrected chi connectivity index (χ3v) is 2.78. The zero-order valence-corrected chi connectivity index (χ0v) is 12.6. The normalized spacial score (nSPS) is 14.3. The van der Waals surface area contributed by atoms with Gasteiger partial charge < -0.3 is 20.3 Å². The Kier molecular flexibility index (Phi) is 6.09. The molecule has 1 rings (SSSR count). The van der Waals surface area contributed by atoms with Crippen LogP contribution in [-0.2, 0) is 16.1 Å². The largest absolute Gasteiger partial charge is 0.362 e. The van der Waals surface area contributed by atoms with Crippen LogP contribution in [0.2, 0.25) is 0 Å². The Bertz CT molecular complexity index is 433. The highest BCUT2D eigenvalue weighted by Gasteiger charge is 2.25. The minimum Gasteiger partial charge on any atom is -0.362 e. The summed E-state index contributed by atoms with van der Waals surface area (Å²) < 4.78 is 10.1. The van der Waals surface area contributed by atoms with E-state index in [0.717, 1.165) is 6.42 Å². The van der Waals surface area contributed by atoms with E-state index in [1.807, 2.05) is 6.92 Å². The number of ether oxygens (including phenoxy) is 1. The predicted molar refractivity (Wildman–Crippen MR) is 73.7 cm³/mol. The lowest BCUT2D eigenvalue weighted by Crippen LogP contribution is -2.53. The summed E-state index contributed by atoms with van der Waals surface area (Å²) in [4.78, 5) is 15.8. The van der Waals surface area contributed by atoms with Gasteiger partial charge in [0.15, 0.2) is 5.82 Å². The smallest absolute Gasteiger partial charge is 0.252 e. The minimum atomic E-state index is -0.407. The summed E-state index contributed by atoms with van der Waals surface area (Å²) in [6.45, 7) is 8.29. The van der Waals surface area contributed by atoms with E-state index < -0.39 is 5.54 Å². The van der Waals surface area contributed by atoms with Gasteiger partial charge in [-0.15, -0.1) is 0 Å². The van der Waals surface area contributed by atoms with Gasteiger partial charge in [-0.25, -0.2) is 0 Å². The van der Waals surface area contributed by atoms with E-state index in [-0.39, 0.29) is 19.1 Å². The lowest BCUT2D eigenvalue weighted by Gasteiger charge is -2.31. The molecule has 0 radical (unpaired) electrons. The molecule has 7 heteroatoms.